The monoisotopic (exact) mass is 201 g/mol. The van der Waals surface area contributed by atoms with Gasteiger partial charge in [-0.2, -0.15) is 0 Å². The summed E-state index contributed by atoms with van der Waals surface area (Å²) in [4.78, 5) is 0. The number of nitrogens with one attached hydrogen (secondary N) is 1. The van der Waals surface area contributed by atoms with Crippen LogP contribution in [0.2, 0.25) is 0 Å². The molecule has 14 heavy (non-hydrogen) atoms. The second-order valence-corrected chi connectivity index (χ2v) is 4.04. The van der Waals surface area contributed by atoms with Crippen LogP contribution in [0.25, 0.3) is 0 Å². The molecule has 0 amide bonds. The van der Waals surface area contributed by atoms with Crippen LogP contribution in [0.5, 0.6) is 0 Å². The minimum absolute atomic E-state index is 0.313. The molecule has 1 aliphatic rings. The molecular formula is C11H23NO2. The highest BCUT2D eigenvalue weighted by Gasteiger charge is 2.13. The predicted molar refractivity (Wildman–Crippen MR) is 57.3 cm³/mol. The standard InChI is InChI=1S/C11H23NO2/c13-7-2-1-3-8-14-9-5-11-4-6-12-10-11/h11-13H,1-10H2. The van der Waals surface area contributed by atoms with Crippen molar-refractivity contribution in [3.05, 3.63) is 0 Å². The normalized spacial score (nSPS) is 21.6. The molecule has 0 radical (unpaired) electrons. The number of unbranched alkanes of at least 4 members (excludes halogenated alkanes) is 2. The van der Waals surface area contributed by atoms with E-state index in [0.29, 0.717) is 6.61 Å². The summed E-state index contributed by atoms with van der Waals surface area (Å²) in [6.45, 7) is 4.44. The Morgan fingerprint density at radius 3 is 2.86 bits per heavy atom. The van der Waals surface area contributed by atoms with Gasteiger partial charge >= 0.3 is 0 Å². The van der Waals surface area contributed by atoms with E-state index in [9.17, 15) is 0 Å². The smallest absolute Gasteiger partial charge is 0.0469 e. The van der Waals surface area contributed by atoms with E-state index in [1.165, 1.54) is 25.9 Å². The van der Waals surface area contributed by atoms with E-state index >= 15 is 0 Å². The molecule has 0 saturated carbocycles. The summed E-state index contributed by atoms with van der Waals surface area (Å²) in [5.74, 6) is 0.840. The van der Waals surface area contributed by atoms with Gasteiger partial charge in [-0.05, 0) is 51.1 Å². The van der Waals surface area contributed by atoms with E-state index in [2.05, 4.69) is 5.32 Å². The zero-order valence-electron chi connectivity index (χ0n) is 9.00. The highest BCUT2D eigenvalue weighted by molar-refractivity contribution is 4.70. The Kier molecular flexibility index (Phi) is 7.01. The summed E-state index contributed by atoms with van der Waals surface area (Å²) in [6.07, 6.45) is 5.60. The molecule has 1 aliphatic heterocycles. The molecule has 3 nitrogen and oxygen atoms in total. The third kappa shape index (κ3) is 5.58. The van der Waals surface area contributed by atoms with Crippen LogP contribution in [0.4, 0.5) is 0 Å². The topological polar surface area (TPSA) is 41.5 Å². The molecule has 0 spiro atoms. The van der Waals surface area contributed by atoms with Crippen LogP contribution in [0, 0.1) is 5.92 Å². The van der Waals surface area contributed by atoms with Crippen LogP contribution in [0.1, 0.15) is 32.1 Å². The average molecular weight is 201 g/mol. The first-order valence-electron chi connectivity index (χ1n) is 5.83. The predicted octanol–water partition coefficient (Wildman–Crippen LogP) is 1.17. The molecule has 0 aromatic carbocycles. The quantitative estimate of drug-likeness (QED) is 0.579. The van der Waals surface area contributed by atoms with E-state index in [-0.39, 0.29) is 0 Å². The number of rotatable bonds is 8. The van der Waals surface area contributed by atoms with Gasteiger partial charge in [0, 0.05) is 19.8 Å². The molecule has 0 aliphatic carbocycles. The van der Waals surface area contributed by atoms with Gasteiger partial charge in [-0.15, -0.1) is 0 Å². The van der Waals surface area contributed by atoms with Gasteiger partial charge in [0.25, 0.3) is 0 Å². The Balaban J connectivity index is 1.75. The van der Waals surface area contributed by atoms with Gasteiger partial charge in [0.2, 0.25) is 0 Å². The van der Waals surface area contributed by atoms with Crippen LogP contribution in [0.3, 0.4) is 0 Å². The van der Waals surface area contributed by atoms with Gasteiger partial charge in [0.15, 0.2) is 0 Å². The summed E-state index contributed by atoms with van der Waals surface area (Å²) >= 11 is 0. The molecule has 1 rings (SSSR count). The van der Waals surface area contributed by atoms with E-state index < -0.39 is 0 Å². The van der Waals surface area contributed by atoms with Crippen molar-refractivity contribution in [2.75, 3.05) is 32.9 Å². The summed E-state index contributed by atoms with van der Waals surface area (Å²) in [7, 11) is 0. The Morgan fingerprint density at radius 2 is 2.14 bits per heavy atom. The molecule has 0 aromatic heterocycles. The van der Waals surface area contributed by atoms with Crippen molar-refractivity contribution in [3.63, 3.8) is 0 Å². The van der Waals surface area contributed by atoms with Crippen molar-refractivity contribution in [2.45, 2.75) is 32.1 Å². The van der Waals surface area contributed by atoms with Crippen LogP contribution in [0.15, 0.2) is 0 Å². The van der Waals surface area contributed by atoms with Crippen molar-refractivity contribution in [1.29, 1.82) is 0 Å². The third-order valence-corrected chi connectivity index (χ3v) is 2.78. The molecular weight excluding hydrogens is 178 g/mol. The average Bonchev–Trinajstić information content (AvgIpc) is 2.69. The number of hydrogen-bond donors (Lipinski definition) is 2. The lowest BCUT2D eigenvalue weighted by Crippen LogP contribution is -2.11. The summed E-state index contributed by atoms with van der Waals surface area (Å²) < 4.78 is 5.53. The highest BCUT2D eigenvalue weighted by Crippen LogP contribution is 2.11. The minimum atomic E-state index is 0.313. The molecule has 84 valence electrons. The first-order valence-corrected chi connectivity index (χ1v) is 5.83. The lowest BCUT2D eigenvalue weighted by molar-refractivity contribution is 0.117. The van der Waals surface area contributed by atoms with E-state index in [4.69, 9.17) is 9.84 Å². The van der Waals surface area contributed by atoms with Gasteiger partial charge in [-0.1, -0.05) is 0 Å². The SMILES string of the molecule is OCCCCCOCCC1CCNC1. The zero-order valence-corrected chi connectivity index (χ0v) is 9.00. The number of aliphatic hydroxyl groups excluding tert-OH is 1. The second kappa shape index (κ2) is 8.21. The first kappa shape index (κ1) is 12.0. The van der Waals surface area contributed by atoms with Crippen LogP contribution < -0.4 is 5.32 Å². The summed E-state index contributed by atoms with van der Waals surface area (Å²) in [5.41, 5.74) is 0. The van der Waals surface area contributed by atoms with Crippen molar-refractivity contribution in [2.24, 2.45) is 5.92 Å². The number of ether oxygens (including phenoxy) is 1. The Hall–Kier alpha value is -0.120. The van der Waals surface area contributed by atoms with Gasteiger partial charge < -0.3 is 15.2 Å². The van der Waals surface area contributed by atoms with E-state index in [1.54, 1.807) is 0 Å². The van der Waals surface area contributed by atoms with Crippen LogP contribution >= 0.6 is 0 Å². The number of aliphatic hydroxyl groups is 1. The summed E-state index contributed by atoms with van der Waals surface area (Å²) in [6, 6.07) is 0. The molecule has 1 atom stereocenters. The van der Waals surface area contributed by atoms with Gasteiger partial charge in [0.1, 0.15) is 0 Å². The van der Waals surface area contributed by atoms with Crippen molar-refractivity contribution in [1.82, 2.24) is 5.32 Å². The Morgan fingerprint density at radius 1 is 1.21 bits per heavy atom. The maximum Gasteiger partial charge on any atom is 0.0469 e. The van der Waals surface area contributed by atoms with E-state index in [0.717, 1.165) is 38.4 Å². The van der Waals surface area contributed by atoms with Gasteiger partial charge in [-0.25, -0.2) is 0 Å². The Labute approximate surface area is 86.8 Å². The fourth-order valence-corrected chi connectivity index (χ4v) is 1.81. The third-order valence-electron chi connectivity index (χ3n) is 2.78. The molecule has 0 aromatic rings. The van der Waals surface area contributed by atoms with Crippen molar-refractivity contribution >= 4 is 0 Å². The lowest BCUT2D eigenvalue weighted by atomic mass is 10.1. The Bertz CT molecular complexity index is 124. The van der Waals surface area contributed by atoms with Gasteiger partial charge in [-0.3, -0.25) is 0 Å². The maximum atomic E-state index is 8.56. The summed E-state index contributed by atoms with van der Waals surface area (Å²) in [5, 5.41) is 11.9. The fourth-order valence-electron chi connectivity index (χ4n) is 1.81. The molecule has 0 bridgehead atoms. The minimum Gasteiger partial charge on any atom is -0.396 e. The van der Waals surface area contributed by atoms with Crippen LogP contribution in [-0.4, -0.2) is 38.0 Å². The molecule has 3 heteroatoms. The van der Waals surface area contributed by atoms with E-state index in [1.807, 2.05) is 0 Å². The fraction of sp³-hybridized carbons (Fsp3) is 1.00. The molecule has 1 heterocycles. The van der Waals surface area contributed by atoms with Gasteiger partial charge in [0.05, 0.1) is 0 Å². The van der Waals surface area contributed by atoms with Crippen molar-refractivity contribution in [3.8, 4) is 0 Å². The van der Waals surface area contributed by atoms with Crippen LogP contribution in [-0.2, 0) is 4.74 Å². The van der Waals surface area contributed by atoms with Crippen molar-refractivity contribution < 1.29 is 9.84 Å². The number of hydrogen-bond acceptors (Lipinski definition) is 3. The molecule has 2 N–H and O–H groups in total. The molecule has 1 unspecified atom stereocenters. The largest absolute Gasteiger partial charge is 0.396 e. The highest BCUT2D eigenvalue weighted by atomic mass is 16.5. The molecule has 1 saturated heterocycles. The first-order chi connectivity index (χ1) is 6.93. The zero-order chi connectivity index (χ0) is 10.1. The lowest BCUT2D eigenvalue weighted by Gasteiger charge is -2.08. The maximum absolute atomic E-state index is 8.56. The second-order valence-electron chi connectivity index (χ2n) is 4.04. The molecule has 1 fully saturated rings.